The van der Waals surface area contributed by atoms with Crippen molar-refractivity contribution in [3.8, 4) is 5.75 Å². The molecule has 5 rings (SSSR count). The summed E-state index contributed by atoms with van der Waals surface area (Å²) in [7, 11) is 0. The molecule has 3 unspecified atom stereocenters. The molecule has 0 aliphatic carbocycles. The lowest BCUT2D eigenvalue weighted by Crippen LogP contribution is -2.60. The lowest BCUT2D eigenvalue weighted by molar-refractivity contribution is -0.142. The molecule has 0 fully saturated rings. The summed E-state index contributed by atoms with van der Waals surface area (Å²) in [4.78, 5) is 40.3. The maximum atomic E-state index is 14.3. The van der Waals surface area contributed by atoms with Crippen molar-refractivity contribution in [1.29, 1.82) is 0 Å². The van der Waals surface area contributed by atoms with Crippen molar-refractivity contribution < 1.29 is 24.6 Å². The van der Waals surface area contributed by atoms with Crippen LogP contribution >= 0.6 is 12.6 Å². The Kier molecular flexibility index (Phi) is 11.9. The second-order valence-corrected chi connectivity index (χ2v) is 12.1. The molecule has 49 heavy (non-hydrogen) atoms. The first-order valence-electron chi connectivity index (χ1n) is 16.0. The van der Waals surface area contributed by atoms with Crippen molar-refractivity contribution in [3.63, 3.8) is 0 Å². The van der Waals surface area contributed by atoms with E-state index in [2.05, 4.69) is 28.6 Å². The van der Waals surface area contributed by atoms with Crippen LogP contribution in [0.2, 0.25) is 0 Å². The van der Waals surface area contributed by atoms with Crippen molar-refractivity contribution >= 4 is 30.4 Å². The zero-order valence-corrected chi connectivity index (χ0v) is 27.7. The SMILES string of the molecule is O=C(O)C(Cc1ccccc1)NC(=O)C(Cc1ccc(O)cc1)NC(=O)C(CS)NC(c1ccccc1)(c1ccccc1)c1ccccc1. The number of aromatic hydroxyl groups is 1. The second-order valence-electron chi connectivity index (χ2n) is 11.7. The van der Waals surface area contributed by atoms with Crippen LogP contribution in [0.4, 0.5) is 0 Å². The average Bonchev–Trinajstić information content (AvgIpc) is 3.14. The first-order chi connectivity index (χ1) is 23.8. The summed E-state index contributed by atoms with van der Waals surface area (Å²) >= 11 is 4.60. The number of aliphatic carboxylic acids is 1. The van der Waals surface area contributed by atoms with E-state index in [1.54, 1.807) is 36.4 Å². The van der Waals surface area contributed by atoms with E-state index in [1.807, 2.05) is 97.1 Å². The van der Waals surface area contributed by atoms with E-state index in [-0.39, 0.29) is 24.3 Å². The Morgan fingerprint density at radius 1 is 0.551 bits per heavy atom. The summed E-state index contributed by atoms with van der Waals surface area (Å²) in [5, 5.41) is 29.0. The van der Waals surface area contributed by atoms with Gasteiger partial charge in [0.2, 0.25) is 11.8 Å². The van der Waals surface area contributed by atoms with Gasteiger partial charge in [-0.1, -0.05) is 133 Å². The zero-order valence-electron chi connectivity index (χ0n) is 26.8. The van der Waals surface area contributed by atoms with Crippen molar-refractivity contribution in [1.82, 2.24) is 16.0 Å². The molecule has 0 heterocycles. The van der Waals surface area contributed by atoms with Gasteiger partial charge in [-0.15, -0.1) is 0 Å². The highest BCUT2D eigenvalue weighted by Crippen LogP contribution is 2.37. The minimum atomic E-state index is -1.23. The minimum absolute atomic E-state index is 0.0516. The highest BCUT2D eigenvalue weighted by Gasteiger charge is 2.40. The number of benzene rings is 5. The zero-order chi connectivity index (χ0) is 34.6. The summed E-state index contributed by atoms with van der Waals surface area (Å²) in [6.07, 6.45) is 0.117. The molecule has 0 saturated heterocycles. The number of carbonyl (C=O) groups excluding carboxylic acids is 2. The van der Waals surface area contributed by atoms with Gasteiger partial charge >= 0.3 is 5.97 Å². The molecule has 0 aromatic heterocycles. The maximum absolute atomic E-state index is 14.3. The van der Waals surface area contributed by atoms with Gasteiger partial charge in [0.25, 0.3) is 0 Å². The van der Waals surface area contributed by atoms with E-state index in [0.29, 0.717) is 5.56 Å². The van der Waals surface area contributed by atoms with E-state index < -0.39 is 41.4 Å². The standard InChI is InChI=1S/C40H39N3O5S/c44-33-23-21-29(22-24-33)25-34(37(45)42-35(39(47)48)26-28-13-5-1-6-14-28)41-38(46)36(27-49)43-40(30-15-7-2-8-16-30,31-17-9-3-10-18-31)32-19-11-4-12-20-32/h1-24,34-36,43-44,49H,25-27H2,(H,41,46)(H,42,45)(H,47,48). The van der Waals surface area contributed by atoms with Crippen LogP contribution in [0.3, 0.4) is 0 Å². The molecule has 8 nitrogen and oxygen atoms in total. The molecule has 5 aromatic carbocycles. The Hall–Kier alpha value is -5.38. The van der Waals surface area contributed by atoms with Gasteiger partial charge in [0, 0.05) is 18.6 Å². The van der Waals surface area contributed by atoms with E-state index in [1.165, 1.54) is 12.1 Å². The summed E-state index contributed by atoms with van der Waals surface area (Å²) in [6.45, 7) is 0. The molecule has 0 aliphatic rings. The third kappa shape index (κ3) is 8.76. The fourth-order valence-corrected chi connectivity index (χ4v) is 6.20. The van der Waals surface area contributed by atoms with Crippen LogP contribution < -0.4 is 16.0 Å². The normalized spacial score (nSPS) is 13.1. The molecular weight excluding hydrogens is 635 g/mol. The van der Waals surface area contributed by atoms with Gasteiger partial charge in [-0.3, -0.25) is 14.9 Å². The molecule has 5 N–H and O–H groups in total. The fourth-order valence-electron chi connectivity index (χ4n) is 5.94. The van der Waals surface area contributed by atoms with Gasteiger partial charge in [-0.05, 0) is 39.9 Å². The molecule has 0 spiro atoms. The lowest BCUT2D eigenvalue weighted by Gasteiger charge is -2.39. The maximum Gasteiger partial charge on any atom is 0.326 e. The number of carbonyl (C=O) groups is 3. The van der Waals surface area contributed by atoms with Crippen molar-refractivity contribution in [2.24, 2.45) is 0 Å². The van der Waals surface area contributed by atoms with Crippen LogP contribution in [0.1, 0.15) is 27.8 Å². The lowest BCUT2D eigenvalue weighted by atomic mass is 9.76. The Labute approximate surface area is 291 Å². The second kappa shape index (κ2) is 16.6. The first-order valence-corrected chi connectivity index (χ1v) is 16.6. The summed E-state index contributed by atoms with van der Waals surface area (Å²) in [6, 6.07) is 41.5. The number of hydrogen-bond acceptors (Lipinski definition) is 6. The average molecular weight is 674 g/mol. The highest BCUT2D eigenvalue weighted by atomic mass is 32.1. The molecule has 250 valence electrons. The molecule has 2 amide bonds. The molecule has 0 radical (unpaired) electrons. The first kappa shape index (κ1) is 34.9. The molecule has 3 atom stereocenters. The summed E-state index contributed by atoms with van der Waals surface area (Å²) in [5.74, 6) is -2.19. The molecule has 0 bridgehead atoms. The van der Waals surface area contributed by atoms with Crippen molar-refractivity contribution in [3.05, 3.63) is 173 Å². The summed E-state index contributed by atoms with van der Waals surface area (Å²) in [5.41, 5.74) is 3.12. The molecular formula is C40H39N3O5S. The van der Waals surface area contributed by atoms with Gasteiger partial charge in [0.1, 0.15) is 17.8 Å². The number of phenols is 1. The van der Waals surface area contributed by atoms with E-state index in [9.17, 15) is 24.6 Å². The molecule has 0 saturated carbocycles. The predicted molar refractivity (Wildman–Crippen MR) is 193 cm³/mol. The number of thiol groups is 1. The van der Waals surface area contributed by atoms with Crippen LogP contribution in [0, 0.1) is 0 Å². The highest BCUT2D eigenvalue weighted by molar-refractivity contribution is 7.80. The minimum Gasteiger partial charge on any atom is -0.508 e. The number of phenolic OH excluding ortho intramolecular Hbond substituents is 1. The fraction of sp³-hybridized carbons (Fsp3) is 0.175. The largest absolute Gasteiger partial charge is 0.508 e. The number of rotatable bonds is 15. The van der Waals surface area contributed by atoms with E-state index in [0.717, 1.165) is 22.3 Å². The predicted octanol–water partition coefficient (Wildman–Crippen LogP) is 5.11. The van der Waals surface area contributed by atoms with Crippen LogP contribution in [-0.4, -0.2) is 51.9 Å². The third-order valence-corrected chi connectivity index (χ3v) is 8.78. The number of carboxylic acids is 1. The van der Waals surface area contributed by atoms with Crippen LogP contribution in [0.25, 0.3) is 0 Å². The Balaban J connectivity index is 1.48. The van der Waals surface area contributed by atoms with Gasteiger partial charge in [0.15, 0.2) is 0 Å². The van der Waals surface area contributed by atoms with Gasteiger partial charge in [0.05, 0.1) is 11.6 Å². The Morgan fingerprint density at radius 3 is 1.39 bits per heavy atom. The summed E-state index contributed by atoms with van der Waals surface area (Å²) < 4.78 is 0. The monoisotopic (exact) mass is 673 g/mol. The number of carboxylic acid groups (broad SMARTS) is 1. The number of hydrogen-bond donors (Lipinski definition) is 6. The van der Waals surface area contributed by atoms with Gasteiger partial charge in [-0.25, -0.2) is 4.79 Å². The number of nitrogens with one attached hydrogen (secondary N) is 3. The van der Waals surface area contributed by atoms with Crippen LogP contribution in [-0.2, 0) is 32.8 Å². The van der Waals surface area contributed by atoms with Crippen molar-refractivity contribution in [2.75, 3.05) is 5.75 Å². The van der Waals surface area contributed by atoms with Gasteiger partial charge in [-0.2, -0.15) is 12.6 Å². The topological polar surface area (TPSA) is 128 Å². The Morgan fingerprint density at radius 2 is 0.939 bits per heavy atom. The van der Waals surface area contributed by atoms with Crippen LogP contribution in [0.15, 0.2) is 146 Å². The molecule has 0 aliphatic heterocycles. The smallest absolute Gasteiger partial charge is 0.326 e. The molecule has 5 aromatic rings. The van der Waals surface area contributed by atoms with Crippen LogP contribution in [0.5, 0.6) is 5.75 Å². The van der Waals surface area contributed by atoms with Crippen molar-refractivity contribution in [2.45, 2.75) is 36.5 Å². The van der Waals surface area contributed by atoms with Gasteiger partial charge < -0.3 is 20.8 Å². The third-order valence-electron chi connectivity index (χ3n) is 8.42. The quantitative estimate of drug-likeness (QED) is 0.0678. The molecule has 9 heteroatoms. The Bertz CT molecular complexity index is 1710. The number of amides is 2. The van der Waals surface area contributed by atoms with E-state index in [4.69, 9.17) is 0 Å². The van der Waals surface area contributed by atoms with E-state index >= 15 is 0 Å².